The molecule has 0 radical (unpaired) electrons. The molecular formula is C21H18N4O5. The lowest BCUT2D eigenvalue weighted by molar-refractivity contribution is -0.122. The van der Waals surface area contributed by atoms with Crippen molar-refractivity contribution in [2.75, 3.05) is 13.7 Å². The number of benzene rings is 1. The Labute approximate surface area is 171 Å². The summed E-state index contributed by atoms with van der Waals surface area (Å²) in [4.78, 5) is 51.0. The number of hydrogen-bond donors (Lipinski definition) is 2. The molecule has 152 valence electrons. The summed E-state index contributed by atoms with van der Waals surface area (Å²) >= 11 is 0. The fourth-order valence-electron chi connectivity index (χ4n) is 3.48. The minimum atomic E-state index is -1.67. The second kappa shape index (κ2) is 7.08. The summed E-state index contributed by atoms with van der Waals surface area (Å²) in [5.74, 6) is 5.01. The van der Waals surface area contributed by atoms with E-state index in [4.69, 9.17) is 4.74 Å². The van der Waals surface area contributed by atoms with E-state index in [1.807, 2.05) is 0 Å². The molecule has 30 heavy (non-hydrogen) atoms. The highest BCUT2D eigenvalue weighted by Crippen LogP contribution is 2.28. The number of rotatable bonds is 3. The summed E-state index contributed by atoms with van der Waals surface area (Å²) in [6, 6.07) is 7.64. The van der Waals surface area contributed by atoms with Gasteiger partial charge in [-0.2, -0.15) is 0 Å². The van der Waals surface area contributed by atoms with Crippen LogP contribution in [0, 0.1) is 11.8 Å². The number of amides is 4. The maximum atomic E-state index is 12.9. The van der Waals surface area contributed by atoms with Crippen molar-refractivity contribution in [2.45, 2.75) is 12.1 Å². The predicted octanol–water partition coefficient (Wildman–Crippen LogP) is -0.0204. The highest BCUT2D eigenvalue weighted by molar-refractivity contribution is 6.10. The Balaban J connectivity index is 1.68. The Hall–Kier alpha value is -4.06. The number of pyridine rings is 1. The Bertz CT molecular complexity index is 1210. The van der Waals surface area contributed by atoms with Gasteiger partial charge < -0.3 is 19.5 Å². The first-order valence-electron chi connectivity index (χ1n) is 9.11. The zero-order chi connectivity index (χ0) is 21.5. The molecule has 0 aliphatic carbocycles. The largest absolute Gasteiger partial charge is 0.497 e. The number of carbonyl (C=O) groups excluding carboxylic acids is 3. The van der Waals surface area contributed by atoms with Gasteiger partial charge in [0.25, 0.3) is 17.4 Å². The molecule has 9 nitrogen and oxygen atoms in total. The summed E-state index contributed by atoms with van der Waals surface area (Å²) in [6.07, 6.45) is 1.59. The smallest absolute Gasteiger partial charge is 0.323 e. The number of urea groups is 1. The molecule has 9 heteroatoms. The van der Waals surface area contributed by atoms with Gasteiger partial charge in [0, 0.05) is 25.4 Å². The number of nitrogens with one attached hydrogen (secondary N) is 2. The summed E-state index contributed by atoms with van der Waals surface area (Å²) in [6.45, 7) is 0.0956. The highest BCUT2D eigenvalue weighted by Gasteiger charge is 2.48. The van der Waals surface area contributed by atoms with E-state index in [0.717, 1.165) is 5.56 Å². The van der Waals surface area contributed by atoms with Crippen LogP contribution in [0.25, 0.3) is 0 Å². The maximum Gasteiger partial charge on any atom is 0.323 e. The van der Waals surface area contributed by atoms with Gasteiger partial charge in [-0.05, 0) is 29.8 Å². The van der Waals surface area contributed by atoms with Gasteiger partial charge in [0.15, 0.2) is 0 Å². The summed E-state index contributed by atoms with van der Waals surface area (Å²) in [5.41, 5.74) is -0.569. The van der Waals surface area contributed by atoms with E-state index in [1.165, 1.54) is 22.6 Å². The first kappa shape index (κ1) is 19.3. The standard InChI is InChI=1S/C21H18N4O5/c1-24-9-3-4-13(17(24)26)7-8-21(19(28)22-20(29)23-21)12-25-11-14-5-6-15(30-2)10-16(14)18(25)27/h3-6,9-10H,11-12H2,1-2H3,(H2,22,23,28,29)/t21-/m1/s1. The van der Waals surface area contributed by atoms with Crippen molar-refractivity contribution in [3.63, 3.8) is 0 Å². The Morgan fingerprint density at radius 1 is 1.20 bits per heavy atom. The molecule has 2 aromatic rings. The molecule has 3 heterocycles. The third-order valence-electron chi connectivity index (χ3n) is 5.10. The first-order valence-corrected chi connectivity index (χ1v) is 9.11. The van der Waals surface area contributed by atoms with Crippen LogP contribution in [-0.4, -0.2) is 46.5 Å². The molecule has 1 fully saturated rings. The van der Waals surface area contributed by atoms with Gasteiger partial charge in [0.2, 0.25) is 5.54 Å². The van der Waals surface area contributed by atoms with Crippen LogP contribution in [0.2, 0.25) is 0 Å². The number of hydrogen-bond acceptors (Lipinski definition) is 5. The number of imide groups is 1. The molecule has 2 aliphatic rings. The Morgan fingerprint density at radius 2 is 2.00 bits per heavy atom. The summed E-state index contributed by atoms with van der Waals surface area (Å²) in [5, 5.41) is 4.68. The molecule has 1 aromatic heterocycles. The number of aryl methyl sites for hydroxylation is 1. The minimum Gasteiger partial charge on any atom is -0.497 e. The fraction of sp³-hybridized carbons (Fsp3) is 0.238. The van der Waals surface area contributed by atoms with Crippen LogP contribution in [0.5, 0.6) is 5.75 Å². The zero-order valence-electron chi connectivity index (χ0n) is 16.3. The topological polar surface area (TPSA) is 110 Å². The van der Waals surface area contributed by atoms with Crippen LogP contribution < -0.4 is 20.9 Å². The van der Waals surface area contributed by atoms with Crippen LogP contribution in [0.1, 0.15) is 21.5 Å². The van der Waals surface area contributed by atoms with Gasteiger partial charge in [-0.1, -0.05) is 17.9 Å². The van der Waals surface area contributed by atoms with E-state index < -0.39 is 17.5 Å². The average molecular weight is 406 g/mol. The lowest BCUT2D eigenvalue weighted by Gasteiger charge is -2.26. The van der Waals surface area contributed by atoms with E-state index in [9.17, 15) is 19.2 Å². The molecule has 1 atom stereocenters. The number of nitrogens with zero attached hydrogens (tertiary/aromatic N) is 2. The van der Waals surface area contributed by atoms with Gasteiger partial charge in [-0.15, -0.1) is 0 Å². The first-order chi connectivity index (χ1) is 14.3. The molecule has 4 amide bonds. The van der Waals surface area contributed by atoms with E-state index >= 15 is 0 Å². The maximum absolute atomic E-state index is 12.9. The molecule has 1 saturated heterocycles. The molecule has 0 spiro atoms. The molecule has 0 unspecified atom stereocenters. The molecule has 0 bridgehead atoms. The predicted molar refractivity (Wildman–Crippen MR) is 106 cm³/mol. The number of aromatic nitrogens is 1. The lowest BCUT2D eigenvalue weighted by Crippen LogP contribution is -2.54. The zero-order valence-corrected chi connectivity index (χ0v) is 16.3. The van der Waals surface area contributed by atoms with Crippen molar-refractivity contribution in [1.29, 1.82) is 0 Å². The van der Waals surface area contributed by atoms with Crippen LogP contribution in [0.4, 0.5) is 4.79 Å². The molecule has 0 saturated carbocycles. The number of ether oxygens (including phenoxy) is 1. The van der Waals surface area contributed by atoms with Gasteiger partial charge in [0.1, 0.15) is 5.75 Å². The van der Waals surface area contributed by atoms with E-state index in [-0.39, 0.29) is 30.1 Å². The van der Waals surface area contributed by atoms with Crippen LogP contribution in [-0.2, 0) is 18.4 Å². The van der Waals surface area contributed by atoms with Crippen molar-refractivity contribution in [1.82, 2.24) is 20.1 Å². The second-order valence-corrected chi connectivity index (χ2v) is 7.09. The minimum absolute atomic E-state index is 0.166. The van der Waals surface area contributed by atoms with E-state index in [1.54, 1.807) is 37.5 Å². The Kier molecular flexibility index (Phi) is 4.54. The molecule has 4 rings (SSSR count). The Morgan fingerprint density at radius 3 is 2.70 bits per heavy atom. The number of fused-ring (bicyclic) bond motifs is 1. The highest BCUT2D eigenvalue weighted by atomic mass is 16.5. The van der Waals surface area contributed by atoms with Crippen molar-refractivity contribution in [3.8, 4) is 17.6 Å². The van der Waals surface area contributed by atoms with Crippen LogP contribution in [0.3, 0.4) is 0 Å². The fourth-order valence-corrected chi connectivity index (χ4v) is 3.48. The quantitative estimate of drug-likeness (QED) is 0.550. The van der Waals surface area contributed by atoms with Gasteiger partial charge in [0.05, 0.1) is 19.2 Å². The van der Waals surface area contributed by atoms with E-state index in [2.05, 4.69) is 22.5 Å². The van der Waals surface area contributed by atoms with Crippen molar-refractivity contribution in [2.24, 2.45) is 7.05 Å². The SMILES string of the molecule is COc1ccc2c(c1)C(=O)N(C[C@@]1(C#Cc3cccn(C)c3=O)NC(=O)NC1=O)C2. The van der Waals surface area contributed by atoms with Crippen LogP contribution in [0.15, 0.2) is 41.3 Å². The molecule has 2 aliphatic heterocycles. The summed E-state index contributed by atoms with van der Waals surface area (Å²) < 4.78 is 6.53. The van der Waals surface area contributed by atoms with Crippen molar-refractivity contribution in [3.05, 3.63) is 63.6 Å². The number of methoxy groups -OCH3 is 1. The third-order valence-corrected chi connectivity index (χ3v) is 5.10. The van der Waals surface area contributed by atoms with Gasteiger partial charge >= 0.3 is 6.03 Å². The van der Waals surface area contributed by atoms with Gasteiger partial charge in [-0.25, -0.2) is 4.79 Å². The second-order valence-electron chi connectivity index (χ2n) is 7.09. The van der Waals surface area contributed by atoms with Crippen LogP contribution >= 0.6 is 0 Å². The van der Waals surface area contributed by atoms with Crippen molar-refractivity contribution < 1.29 is 19.1 Å². The lowest BCUT2D eigenvalue weighted by atomic mass is 9.99. The van der Waals surface area contributed by atoms with Crippen molar-refractivity contribution >= 4 is 17.8 Å². The summed E-state index contributed by atoms with van der Waals surface area (Å²) in [7, 11) is 3.09. The molecule has 1 aromatic carbocycles. The third kappa shape index (κ3) is 3.18. The number of carbonyl (C=O) groups is 3. The monoisotopic (exact) mass is 406 g/mol. The molecular weight excluding hydrogens is 388 g/mol. The molecule has 2 N–H and O–H groups in total. The van der Waals surface area contributed by atoms with E-state index in [0.29, 0.717) is 11.3 Å². The van der Waals surface area contributed by atoms with Gasteiger partial charge in [-0.3, -0.25) is 19.7 Å². The normalized spacial score (nSPS) is 19.7. The average Bonchev–Trinajstić information content (AvgIpc) is 3.18.